The maximum absolute atomic E-state index is 12.4. The Bertz CT molecular complexity index is 854. The number of likely N-dealkylation sites (N-methyl/N-ethyl adjacent to an activating group) is 1. The summed E-state index contributed by atoms with van der Waals surface area (Å²) in [5.41, 5.74) is 1.37. The fourth-order valence-electron chi connectivity index (χ4n) is 3.90. The lowest BCUT2D eigenvalue weighted by Crippen LogP contribution is -2.46. The van der Waals surface area contributed by atoms with Crippen molar-refractivity contribution in [2.75, 3.05) is 34.6 Å². The Labute approximate surface area is 152 Å². The van der Waals surface area contributed by atoms with Gasteiger partial charge in [0.2, 0.25) is 18.3 Å². The van der Waals surface area contributed by atoms with Crippen LogP contribution in [0.2, 0.25) is 0 Å². The van der Waals surface area contributed by atoms with Crippen molar-refractivity contribution in [3.8, 4) is 11.5 Å². The van der Waals surface area contributed by atoms with E-state index in [0.29, 0.717) is 5.76 Å². The fourth-order valence-corrected chi connectivity index (χ4v) is 3.90. The highest BCUT2D eigenvalue weighted by Crippen LogP contribution is 2.45. The summed E-state index contributed by atoms with van der Waals surface area (Å²) in [4.78, 5) is 14.5. The highest BCUT2D eigenvalue weighted by molar-refractivity contribution is 6.05. The molecule has 4 rings (SSSR count). The zero-order valence-electron chi connectivity index (χ0n) is 15.1. The maximum atomic E-state index is 12.4. The first kappa shape index (κ1) is 16.7. The van der Waals surface area contributed by atoms with Crippen LogP contribution in [0.1, 0.15) is 12.0 Å². The van der Waals surface area contributed by atoms with E-state index in [-0.39, 0.29) is 18.3 Å². The van der Waals surface area contributed by atoms with Crippen LogP contribution in [-0.4, -0.2) is 50.8 Å². The van der Waals surface area contributed by atoms with Crippen molar-refractivity contribution in [3.05, 3.63) is 53.0 Å². The van der Waals surface area contributed by atoms with Crippen molar-refractivity contribution < 1.29 is 23.7 Å². The van der Waals surface area contributed by atoms with E-state index in [4.69, 9.17) is 18.9 Å². The lowest BCUT2D eigenvalue weighted by atomic mass is 9.82. The second-order valence-corrected chi connectivity index (χ2v) is 6.48. The Balaban J connectivity index is 1.79. The van der Waals surface area contributed by atoms with Gasteiger partial charge >= 0.3 is 0 Å². The van der Waals surface area contributed by atoms with Gasteiger partial charge in [0.05, 0.1) is 14.2 Å². The molecule has 0 aromatic heterocycles. The third-order valence-corrected chi connectivity index (χ3v) is 5.21. The maximum Gasteiger partial charge on any atom is 0.231 e. The van der Waals surface area contributed by atoms with Gasteiger partial charge < -0.3 is 18.9 Å². The minimum absolute atomic E-state index is 0.151. The number of allylic oxidation sites excluding steroid dienone is 1. The molecule has 1 saturated heterocycles. The minimum Gasteiger partial charge on any atom is -0.494 e. The molecule has 6 heteroatoms. The van der Waals surface area contributed by atoms with Crippen molar-refractivity contribution in [3.63, 3.8) is 0 Å². The van der Waals surface area contributed by atoms with Gasteiger partial charge in [0, 0.05) is 6.54 Å². The quantitative estimate of drug-likeness (QED) is 0.827. The summed E-state index contributed by atoms with van der Waals surface area (Å²) in [7, 11) is 5.09. The number of likely N-dealkylation sites (tertiary alicyclic amines) is 1. The Kier molecular flexibility index (Phi) is 4.00. The van der Waals surface area contributed by atoms with E-state index in [0.717, 1.165) is 35.6 Å². The number of fused-ring (bicyclic) bond motifs is 2. The lowest BCUT2D eigenvalue weighted by molar-refractivity contribution is -0.115. The third-order valence-electron chi connectivity index (χ3n) is 5.21. The highest BCUT2D eigenvalue weighted by atomic mass is 16.7. The Morgan fingerprint density at radius 2 is 2.00 bits per heavy atom. The number of benzene rings is 1. The van der Waals surface area contributed by atoms with Crippen LogP contribution in [0, 0.1) is 0 Å². The molecule has 6 nitrogen and oxygen atoms in total. The Morgan fingerprint density at radius 3 is 2.77 bits per heavy atom. The lowest BCUT2D eigenvalue weighted by Gasteiger charge is -2.38. The van der Waals surface area contributed by atoms with Crippen LogP contribution in [0.5, 0.6) is 11.5 Å². The standard InChI is InChI=1S/C20H21NO5/c1-21-9-7-14-11-15(22)18(23-2)19(24-3)20(14,21)8-6-13-4-5-16-17(10-13)26-12-25-16/h4-6,8,10-11H,7,9,12H2,1-3H3/b8-6-/t20-/m0/s1. The average Bonchev–Trinajstić information content (AvgIpc) is 3.23. The molecule has 0 spiro atoms. The van der Waals surface area contributed by atoms with Gasteiger partial charge in [-0.15, -0.1) is 0 Å². The van der Waals surface area contributed by atoms with Gasteiger partial charge in [-0.3, -0.25) is 9.69 Å². The predicted octanol–water partition coefficient (Wildman–Crippen LogP) is 2.52. The number of carbonyl (C=O) groups is 1. The van der Waals surface area contributed by atoms with Crippen molar-refractivity contribution >= 4 is 11.9 Å². The van der Waals surface area contributed by atoms with E-state index in [1.165, 1.54) is 7.11 Å². The molecule has 1 atom stereocenters. The number of carbonyl (C=O) groups excluding carboxylic acids is 1. The van der Waals surface area contributed by atoms with E-state index in [2.05, 4.69) is 11.0 Å². The largest absolute Gasteiger partial charge is 0.494 e. The van der Waals surface area contributed by atoms with Gasteiger partial charge in [-0.1, -0.05) is 18.2 Å². The topological polar surface area (TPSA) is 57.2 Å². The third kappa shape index (κ3) is 2.33. The van der Waals surface area contributed by atoms with Crippen LogP contribution in [0.3, 0.4) is 0 Å². The van der Waals surface area contributed by atoms with E-state index < -0.39 is 5.54 Å². The number of hydrogen-bond acceptors (Lipinski definition) is 6. The second kappa shape index (κ2) is 6.21. The van der Waals surface area contributed by atoms with Crippen molar-refractivity contribution in [1.82, 2.24) is 4.90 Å². The predicted molar refractivity (Wildman–Crippen MR) is 95.7 cm³/mol. The molecule has 2 heterocycles. The number of methoxy groups -OCH3 is 2. The van der Waals surface area contributed by atoms with E-state index in [1.807, 2.05) is 31.3 Å². The van der Waals surface area contributed by atoms with Crippen LogP contribution in [0.25, 0.3) is 6.08 Å². The summed E-state index contributed by atoms with van der Waals surface area (Å²) in [5, 5.41) is 0. The molecule has 0 unspecified atom stereocenters. The van der Waals surface area contributed by atoms with Gasteiger partial charge in [-0.25, -0.2) is 0 Å². The molecule has 0 bridgehead atoms. The first-order valence-corrected chi connectivity index (χ1v) is 8.48. The van der Waals surface area contributed by atoms with Crippen molar-refractivity contribution in [1.29, 1.82) is 0 Å². The monoisotopic (exact) mass is 355 g/mol. The first-order chi connectivity index (χ1) is 12.6. The average molecular weight is 355 g/mol. The molecule has 2 aliphatic heterocycles. The van der Waals surface area contributed by atoms with Crippen molar-refractivity contribution in [2.24, 2.45) is 0 Å². The SMILES string of the molecule is COC1=C(OC)[C@]2(/C=C\c3ccc4c(c3)OCO4)C(=CC1=O)CCN2C. The Morgan fingerprint density at radius 1 is 1.19 bits per heavy atom. The molecule has 3 aliphatic rings. The molecule has 26 heavy (non-hydrogen) atoms. The normalized spacial score (nSPS) is 24.9. The van der Waals surface area contributed by atoms with E-state index >= 15 is 0 Å². The summed E-state index contributed by atoms with van der Waals surface area (Å²) in [6, 6.07) is 5.81. The zero-order valence-corrected chi connectivity index (χ0v) is 15.1. The molecule has 0 N–H and O–H groups in total. The summed E-state index contributed by atoms with van der Waals surface area (Å²) in [6.07, 6.45) is 6.56. The second-order valence-electron chi connectivity index (χ2n) is 6.48. The molecular formula is C20H21NO5. The smallest absolute Gasteiger partial charge is 0.231 e. The molecule has 1 fully saturated rings. The molecule has 136 valence electrons. The highest BCUT2D eigenvalue weighted by Gasteiger charge is 2.50. The fraction of sp³-hybridized carbons (Fsp3) is 0.350. The van der Waals surface area contributed by atoms with Crippen LogP contribution < -0.4 is 9.47 Å². The molecule has 1 aromatic carbocycles. The van der Waals surface area contributed by atoms with Gasteiger partial charge in [-0.05, 0) is 42.8 Å². The minimum atomic E-state index is -0.621. The molecular weight excluding hydrogens is 334 g/mol. The molecule has 1 aromatic rings. The summed E-state index contributed by atoms with van der Waals surface area (Å²) in [6.45, 7) is 1.08. The van der Waals surface area contributed by atoms with E-state index in [1.54, 1.807) is 13.2 Å². The summed E-state index contributed by atoms with van der Waals surface area (Å²) < 4.78 is 21.8. The molecule has 1 aliphatic carbocycles. The number of ether oxygens (including phenoxy) is 4. The van der Waals surface area contributed by atoms with Gasteiger partial charge in [0.1, 0.15) is 5.54 Å². The summed E-state index contributed by atoms with van der Waals surface area (Å²) in [5.74, 6) is 2.11. The molecule has 0 saturated carbocycles. The number of rotatable bonds is 4. The van der Waals surface area contributed by atoms with Crippen LogP contribution in [-0.2, 0) is 14.3 Å². The van der Waals surface area contributed by atoms with Gasteiger partial charge in [0.25, 0.3) is 0 Å². The van der Waals surface area contributed by atoms with Gasteiger partial charge in [0.15, 0.2) is 17.3 Å². The Hall–Kier alpha value is -2.73. The van der Waals surface area contributed by atoms with Crippen LogP contribution in [0.4, 0.5) is 0 Å². The molecule has 0 amide bonds. The van der Waals surface area contributed by atoms with Crippen molar-refractivity contribution in [2.45, 2.75) is 12.0 Å². The van der Waals surface area contributed by atoms with Gasteiger partial charge in [-0.2, -0.15) is 0 Å². The van der Waals surface area contributed by atoms with Crippen LogP contribution >= 0.6 is 0 Å². The summed E-state index contributed by atoms with van der Waals surface area (Å²) >= 11 is 0. The number of nitrogens with zero attached hydrogens (tertiary/aromatic N) is 1. The zero-order chi connectivity index (χ0) is 18.3. The first-order valence-electron chi connectivity index (χ1n) is 8.48. The van der Waals surface area contributed by atoms with E-state index in [9.17, 15) is 4.79 Å². The number of hydrogen-bond donors (Lipinski definition) is 0. The molecule has 0 radical (unpaired) electrons. The van der Waals surface area contributed by atoms with Crippen LogP contribution in [0.15, 0.2) is 47.4 Å². The number of ketones is 1.